The van der Waals surface area contributed by atoms with E-state index in [-0.39, 0.29) is 31.1 Å². The van der Waals surface area contributed by atoms with Crippen LogP contribution in [0.25, 0.3) is 0 Å². The Kier molecular flexibility index (Phi) is 54.4. The molecule has 0 radical (unpaired) electrons. The van der Waals surface area contributed by atoms with Crippen LogP contribution in [0, 0.1) is 0 Å². The minimum Gasteiger partial charge on any atom is -0.462 e. The zero-order valence-corrected chi connectivity index (χ0v) is 45.5. The number of unbranched alkanes of at least 4 members (excludes halogenated alkanes) is 26. The van der Waals surface area contributed by atoms with E-state index in [1.807, 2.05) is 24.3 Å². The average molecular weight is 972 g/mol. The summed E-state index contributed by atoms with van der Waals surface area (Å²) in [6.07, 6.45) is 77.7. The van der Waals surface area contributed by atoms with Gasteiger partial charge in [-0.05, 0) is 103 Å². The van der Waals surface area contributed by atoms with E-state index < -0.39 is 6.10 Å². The van der Waals surface area contributed by atoms with Crippen LogP contribution in [0.3, 0.4) is 0 Å². The molecule has 0 N–H and O–H groups in total. The third kappa shape index (κ3) is 55.0. The number of allylic oxidation sites excluding steroid dienone is 18. The molecular formula is C64H106O6. The van der Waals surface area contributed by atoms with Gasteiger partial charge in [0, 0.05) is 19.3 Å². The third-order valence-electron chi connectivity index (χ3n) is 12.1. The molecule has 0 amide bonds. The minimum atomic E-state index is -0.799. The standard InChI is InChI=1S/C64H106O6/c1-4-7-10-13-16-19-22-25-28-31-34-36-39-42-45-48-51-54-57-63(66)69-60-61(70-64(67)58-55-52-49-46-43-40-37-33-30-27-24-21-18-15-12-9-6-3)59-68-62(65)56-53-50-47-44-41-38-35-32-29-26-23-20-17-14-11-8-5-2/h10,13,16-22,25-31,34,36,61H,4-9,11-12,14-15,23-24,32-33,35,37-60H2,1-3H3/b13-10-,19-16-,20-17-,21-18-,25-22-,29-26-,30-27-,31-28-,36-34-. The van der Waals surface area contributed by atoms with Crippen LogP contribution >= 0.6 is 0 Å². The highest BCUT2D eigenvalue weighted by molar-refractivity contribution is 5.71. The Morgan fingerprint density at radius 2 is 0.600 bits per heavy atom. The first-order chi connectivity index (χ1) is 34.5. The predicted molar refractivity (Wildman–Crippen MR) is 302 cm³/mol. The summed E-state index contributed by atoms with van der Waals surface area (Å²) in [5.74, 6) is -0.934. The maximum absolute atomic E-state index is 12.9. The summed E-state index contributed by atoms with van der Waals surface area (Å²) in [7, 11) is 0. The lowest BCUT2D eigenvalue weighted by Gasteiger charge is -2.18. The summed E-state index contributed by atoms with van der Waals surface area (Å²) < 4.78 is 16.9. The molecule has 0 saturated carbocycles. The van der Waals surface area contributed by atoms with E-state index in [9.17, 15) is 14.4 Å². The highest BCUT2D eigenvalue weighted by Gasteiger charge is 2.19. The van der Waals surface area contributed by atoms with Crippen LogP contribution in [0.15, 0.2) is 109 Å². The molecule has 0 aliphatic carbocycles. The number of esters is 3. The first-order valence-electron chi connectivity index (χ1n) is 29.0. The quantitative estimate of drug-likeness (QED) is 0.0199. The Hall–Kier alpha value is -3.93. The largest absolute Gasteiger partial charge is 0.462 e. The molecular weight excluding hydrogens is 865 g/mol. The Morgan fingerprint density at radius 1 is 0.300 bits per heavy atom. The minimum absolute atomic E-state index is 0.0955. The second kappa shape index (κ2) is 57.6. The second-order valence-corrected chi connectivity index (χ2v) is 19.0. The molecule has 0 aromatic heterocycles. The zero-order chi connectivity index (χ0) is 50.7. The van der Waals surface area contributed by atoms with Crippen LogP contribution in [0.5, 0.6) is 0 Å². The molecule has 1 unspecified atom stereocenters. The van der Waals surface area contributed by atoms with Crippen molar-refractivity contribution in [3.05, 3.63) is 109 Å². The Labute approximate surface area is 431 Å². The van der Waals surface area contributed by atoms with Gasteiger partial charge in [0.25, 0.3) is 0 Å². The summed E-state index contributed by atoms with van der Waals surface area (Å²) in [4.78, 5) is 38.2. The Bertz CT molecular complexity index is 1440. The van der Waals surface area contributed by atoms with E-state index in [0.29, 0.717) is 19.3 Å². The average Bonchev–Trinajstić information content (AvgIpc) is 3.36. The number of hydrogen-bond donors (Lipinski definition) is 0. The van der Waals surface area contributed by atoms with Gasteiger partial charge in [0.2, 0.25) is 0 Å². The van der Waals surface area contributed by atoms with Crippen molar-refractivity contribution in [2.75, 3.05) is 13.2 Å². The highest BCUT2D eigenvalue weighted by atomic mass is 16.6. The molecule has 0 spiro atoms. The maximum atomic E-state index is 12.9. The first kappa shape index (κ1) is 66.1. The molecule has 6 heteroatoms. The van der Waals surface area contributed by atoms with Crippen LogP contribution in [-0.4, -0.2) is 37.2 Å². The lowest BCUT2D eigenvalue weighted by molar-refractivity contribution is -0.167. The van der Waals surface area contributed by atoms with Gasteiger partial charge in [0.1, 0.15) is 13.2 Å². The van der Waals surface area contributed by atoms with Gasteiger partial charge in [-0.15, -0.1) is 0 Å². The SMILES string of the molecule is CCC\C=C/C=C\C=C/C=C\C=C/CCCCCCCC(=O)OCC(COC(=O)CCCCCCCCC/C=C\C/C=C\CCCCC)OC(=O)CCCCCCCCC/C=C\C/C=C\CCCCC. The fourth-order valence-electron chi connectivity index (χ4n) is 7.71. The van der Waals surface area contributed by atoms with Crippen LogP contribution in [0.1, 0.15) is 258 Å². The fraction of sp³-hybridized carbons (Fsp3) is 0.672. The van der Waals surface area contributed by atoms with Crippen molar-refractivity contribution in [2.45, 2.75) is 264 Å². The van der Waals surface area contributed by atoms with Gasteiger partial charge in [-0.3, -0.25) is 14.4 Å². The molecule has 0 saturated heterocycles. The molecule has 70 heavy (non-hydrogen) atoms. The number of carbonyl (C=O) groups is 3. The summed E-state index contributed by atoms with van der Waals surface area (Å²) >= 11 is 0. The number of hydrogen-bond acceptors (Lipinski definition) is 6. The molecule has 0 heterocycles. The van der Waals surface area contributed by atoms with E-state index in [0.717, 1.165) is 109 Å². The van der Waals surface area contributed by atoms with E-state index in [2.05, 4.69) is 106 Å². The van der Waals surface area contributed by atoms with Crippen molar-refractivity contribution in [1.29, 1.82) is 0 Å². The van der Waals surface area contributed by atoms with Gasteiger partial charge in [0.15, 0.2) is 6.10 Å². The van der Waals surface area contributed by atoms with Gasteiger partial charge >= 0.3 is 17.9 Å². The summed E-state index contributed by atoms with van der Waals surface area (Å²) in [5, 5.41) is 0. The molecule has 0 aliphatic rings. The van der Waals surface area contributed by atoms with Crippen molar-refractivity contribution < 1.29 is 28.6 Å². The van der Waals surface area contributed by atoms with Crippen molar-refractivity contribution in [3.8, 4) is 0 Å². The monoisotopic (exact) mass is 971 g/mol. The van der Waals surface area contributed by atoms with E-state index >= 15 is 0 Å². The topological polar surface area (TPSA) is 78.9 Å². The number of rotatable bonds is 51. The van der Waals surface area contributed by atoms with Gasteiger partial charge in [-0.1, -0.05) is 246 Å². The molecule has 0 aromatic rings. The Morgan fingerprint density at radius 3 is 0.971 bits per heavy atom. The molecule has 6 nitrogen and oxygen atoms in total. The van der Waals surface area contributed by atoms with Crippen LogP contribution < -0.4 is 0 Å². The Balaban J connectivity index is 4.48. The molecule has 1 atom stereocenters. The highest BCUT2D eigenvalue weighted by Crippen LogP contribution is 2.14. The molecule has 398 valence electrons. The fourth-order valence-corrected chi connectivity index (χ4v) is 7.71. The van der Waals surface area contributed by atoms with Crippen molar-refractivity contribution in [1.82, 2.24) is 0 Å². The van der Waals surface area contributed by atoms with Crippen molar-refractivity contribution in [3.63, 3.8) is 0 Å². The van der Waals surface area contributed by atoms with E-state index in [4.69, 9.17) is 14.2 Å². The number of ether oxygens (including phenoxy) is 3. The van der Waals surface area contributed by atoms with E-state index in [1.54, 1.807) is 0 Å². The van der Waals surface area contributed by atoms with Crippen LogP contribution in [0.4, 0.5) is 0 Å². The van der Waals surface area contributed by atoms with Gasteiger partial charge in [0.05, 0.1) is 0 Å². The summed E-state index contributed by atoms with van der Waals surface area (Å²) in [6, 6.07) is 0. The normalized spacial score (nSPS) is 12.9. The maximum Gasteiger partial charge on any atom is 0.306 e. The number of carbonyl (C=O) groups excluding carboxylic acids is 3. The predicted octanol–water partition coefficient (Wildman–Crippen LogP) is 19.5. The first-order valence-corrected chi connectivity index (χ1v) is 29.0. The molecule has 0 fully saturated rings. The molecule has 0 rings (SSSR count). The van der Waals surface area contributed by atoms with Crippen LogP contribution in [-0.2, 0) is 28.6 Å². The van der Waals surface area contributed by atoms with Crippen molar-refractivity contribution >= 4 is 17.9 Å². The molecule has 0 bridgehead atoms. The van der Waals surface area contributed by atoms with Gasteiger partial charge in [-0.25, -0.2) is 0 Å². The van der Waals surface area contributed by atoms with Gasteiger partial charge in [-0.2, -0.15) is 0 Å². The van der Waals surface area contributed by atoms with Crippen LogP contribution in [0.2, 0.25) is 0 Å². The summed E-state index contributed by atoms with van der Waals surface area (Å²) in [6.45, 7) is 6.47. The van der Waals surface area contributed by atoms with E-state index in [1.165, 1.54) is 109 Å². The molecule has 0 aliphatic heterocycles. The third-order valence-corrected chi connectivity index (χ3v) is 12.1. The zero-order valence-electron chi connectivity index (χ0n) is 45.5. The lowest BCUT2D eigenvalue weighted by atomic mass is 10.1. The van der Waals surface area contributed by atoms with Gasteiger partial charge < -0.3 is 14.2 Å². The molecule has 0 aromatic carbocycles. The lowest BCUT2D eigenvalue weighted by Crippen LogP contribution is -2.30. The smallest absolute Gasteiger partial charge is 0.306 e. The summed E-state index contributed by atoms with van der Waals surface area (Å²) in [5.41, 5.74) is 0. The second-order valence-electron chi connectivity index (χ2n) is 19.0. The van der Waals surface area contributed by atoms with Crippen molar-refractivity contribution in [2.24, 2.45) is 0 Å².